The Kier molecular flexibility index (Phi) is 36.7. The number of alkyl halides is 7. The van der Waals surface area contributed by atoms with Crippen LogP contribution in [-0.2, 0) is 35.5 Å². The van der Waals surface area contributed by atoms with Crippen LogP contribution in [0.3, 0.4) is 0 Å². The van der Waals surface area contributed by atoms with Gasteiger partial charge >= 0.3 is 12.0 Å². The van der Waals surface area contributed by atoms with Gasteiger partial charge in [-0.25, -0.2) is 39.5 Å². The van der Waals surface area contributed by atoms with Crippen LogP contribution in [0.25, 0.3) is 31.2 Å². The van der Waals surface area contributed by atoms with Gasteiger partial charge in [0.25, 0.3) is 11.8 Å². The lowest BCUT2D eigenvalue weighted by atomic mass is 10.00. The number of nitrogens with two attached hydrogens (primary N) is 2. The molecular weight excluding hydrogens is 1500 g/mol. The third kappa shape index (κ3) is 25.1. The van der Waals surface area contributed by atoms with Gasteiger partial charge in [-0.3, -0.25) is 24.3 Å². The molecule has 4 saturated heterocycles. The maximum absolute atomic E-state index is 13.6. The molecule has 0 saturated carbocycles. The second kappa shape index (κ2) is 42.6. The Bertz CT molecular complexity index is 3750. The van der Waals surface area contributed by atoms with Crippen molar-refractivity contribution in [2.75, 3.05) is 139 Å². The minimum atomic E-state index is -2.68. The molecule has 0 unspecified atom stereocenters. The van der Waals surface area contributed by atoms with E-state index in [4.69, 9.17) is 34.1 Å². The first-order valence-electron chi connectivity index (χ1n) is 34.3. The van der Waals surface area contributed by atoms with Crippen molar-refractivity contribution >= 4 is 126 Å². The number of anilines is 4. The van der Waals surface area contributed by atoms with Crippen molar-refractivity contribution < 1.29 is 45.4 Å². The number of aryl methyl sites for hydroxylation is 2. The van der Waals surface area contributed by atoms with Crippen LogP contribution in [-0.4, -0.2) is 222 Å². The molecule has 0 bridgehead atoms. The number of nitrogen functional groups attached to an aromatic ring is 2. The van der Waals surface area contributed by atoms with E-state index < -0.39 is 24.2 Å². The zero-order chi connectivity index (χ0) is 73.1. The van der Waals surface area contributed by atoms with Crippen LogP contribution >= 0.6 is 69.9 Å². The number of benzene rings is 4. The van der Waals surface area contributed by atoms with Crippen molar-refractivity contribution in [3.05, 3.63) is 154 Å². The zero-order valence-electron chi connectivity index (χ0n) is 61.0. The molecule has 8 heterocycles. The van der Waals surface area contributed by atoms with E-state index >= 15 is 0 Å². The van der Waals surface area contributed by atoms with Gasteiger partial charge in [0.15, 0.2) is 0 Å². The lowest BCUT2D eigenvalue weighted by Crippen LogP contribution is -2.48. The normalized spacial score (nSPS) is 18.5. The number of nitrogens with zero attached hydrogens (tertiary/aromatic N) is 13. The summed E-state index contributed by atoms with van der Waals surface area (Å²) in [5.74, 6) is -4.66. The Labute approximate surface area is 650 Å². The molecule has 31 heteroatoms. The smallest absolute Gasteiger partial charge is 0.318 e. The Hall–Kier alpha value is -6.94. The third-order valence-corrected chi connectivity index (χ3v) is 19.1. The highest BCUT2D eigenvalue weighted by Gasteiger charge is 2.45. The molecule has 20 nitrogen and oxygen atoms in total. The second-order valence-electron chi connectivity index (χ2n) is 26.4. The molecule has 0 spiro atoms. The number of fused-ring (bicyclic) bond motifs is 4. The SMILES string of the molecule is Cc1cccc2cccc(N3CCc4c(N)nc(OC[C@@H]5CC(F)(F)CN5C)nc4C3)c12.Cc1cccc2cccc(N3CCc4c(N)nc(OC[C@@H]5CC(F)(F)CN5C)nc4C3)c12.FC1CNC1.S.S.S.S.[C-]#[N+]C[C@@H](C)N(CC)C(=O)/C=C/CBr.[C-]#[N+]C[C@@H](C)N(CC)C(=O)/C=C/CN1CC(F)C1. The van der Waals surface area contributed by atoms with Crippen LogP contribution in [0, 0.1) is 27.0 Å². The van der Waals surface area contributed by atoms with Gasteiger partial charge in [0.2, 0.25) is 24.9 Å². The number of rotatable bonds is 19. The van der Waals surface area contributed by atoms with Crippen LogP contribution in [0.2, 0.25) is 0 Å². The number of halogens is 7. The summed E-state index contributed by atoms with van der Waals surface area (Å²) < 4.78 is 90.1. The van der Waals surface area contributed by atoms with E-state index in [0.717, 1.165) is 48.4 Å². The fourth-order valence-electron chi connectivity index (χ4n) is 13.2. The number of aromatic nitrogens is 4. The van der Waals surface area contributed by atoms with Gasteiger partial charge in [0.1, 0.15) is 49.3 Å². The summed E-state index contributed by atoms with van der Waals surface area (Å²) in [5, 5.41) is 8.35. The Morgan fingerprint density at radius 1 is 0.657 bits per heavy atom. The van der Waals surface area contributed by atoms with E-state index in [0.29, 0.717) is 89.0 Å². The van der Waals surface area contributed by atoms with Crippen molar-refractivity contribution in [2.24, 2.45) is 0 Å². The summed E-state index contributed by atoms with van der Waals surface area (Å²) in [6.07, 6.45) is 6.36. The average molecular weight is 1600 g/mol. The van der Waals surface area contributed by atoms with Gasteiger partial charge in [-0.2, -0.15) is 73.9 Å². The molecule has 576 valence electrons. The van der Waals surface area contributed by atoms with Crippen molar-refractivity contribution in [2.45, 2.75) is 129 Å². The van der Waals surface area contributed by atoms with Crippen LogP contribution in [0.15, 0.2) is 97.1 Å². The highest BCUT2D eigenvalue weighted by molar-refractivity contribution is 9.09. The molecule has 6 aliphatic rings. The Balaban J connectivity index is 0.000000299. The van der Waals surface area contributed by atoms with E-state index in [-0.39, 0.29) is 141 Å². The summed E-state index contributed by atoms with van der Waals surface area (Å²) in [5.41, 5.74) is 20.8. The molecular formula is C74H103BrF6N16O4S4. The van der Waals surface area contributed by atoms with E-state index in [1.54, 1.807) is 51.9 Å². The average Bonchev–Trinajstić information content (AvgIpc) is 1.58. The molecule has 6 aromatic rings. The predicted molar refractivity (Wildman–Crippen MR) is 432 cm³/mol. The van der Waals surface area contributed by atoms with Gasteiger partial charge in [-0.15, -0.1) is 0 Å². The monoisotopic (exact) mass is 1600 g/mol. The predicted octanol–water partition coefficient (Wildman–Crippen LogP) is 11.4. The number of carbonyl (C=O) groups is 2. The fraction of sp³-hybridized carbons (Fsp3) is 0.514. The molecule has 5 N–H and O–H groups in total. The maximum Gasteiger partial charge on any atom is 0.318 e. The molecule has 4 fully saturated rings. The van der Waals surface area contributed by atoms with Crippen molar-refractivity contribution in [1.29, 1.82) is 0 Å². The summed E-state index contributed by atoms with van der Waals surface area (Å²) in [6.45, 7) is 32.5. The number of ether oxygens (including phenoxy) is 2. The van der Waals surface area contributed by atoms with Crippen LogP contribution in [0.1, 0.15) is 74.2 Å². The lowest BCUT2D eigenvalue weighted by molar-refractivity contribution is -0.128. The highest BCUT2D eigenvalue weighted by Crippen LogP contribution is 2.38. The van der Waals surface area contributed by atoms with Gasteiger partial charge in [0, 0.05) is 129 Å². The third-order valence-electron chi connectivity index (χ3n) is 18.7. The summed E-state index contributed by atoms with van der Waals surface area (Å²) in [6, 6.07) is 24.8. The highest BCUT2D eigenvalue weighted by atomic mass is 79.9. The standard InChI is InChI=1S/2C24H27F2N5O.C13H20FN3O.C10H15BrN2O.C3H6FN.4H2S/c2*1-15-5-3-6-16-7-4-8-20(21(15)16)31-10-9-18-19(12-31)28-23(29-22(18)27)32-13-17-11-24(25,26)14-30(17)2;1-4-17(11(2)8-15-3)13(18)6-5-7-16-9-12(14)10-16;1-4-13(9(2)8-12-3)10(14)6-5-7-11;4-3-1-5-2-3;;;;/h2*3-8,17H,9-14H2,1-2H3,(H2,27,28,29);5-6,11-12H,4,7-10H2,1-2H3;5-6,9H,4,7-8H2,1-2H3;3,5H,1-2H2;4*1H2/b;;2*6-5+;;;;;/t2*17-;11-;9-;;;;;/m0011...../s1. The first-order valence-corrected chi connectivity index (χ1v) is 35.4. The topological polar surface area (TPSA) is 200 Å². The fourth-order valence-corrected chi connectivity index (χ4v) is 13.3. The number of nitrogens with one attached hydrogen (secondary N) is 1. The van der Waals surface area contributed by atoms with Gasteiger partial charge in [-0.1, -0.05) is 88.7 Å². The summed E-state index contributed by atoms with van der Waals surface area (Å²) in [4.78, 5) is 61.0. The number of allylic oxidation sites excluding steroid dienone is 1. The Morgan fingerprint density at radius 3 is 1.38 bits per heavy atom. The van der Waals surface area contributed by atoms with Crippen LogP contribution < -0.4 is 36.1 Å². The molecule has 0 aliphatic carbocycles. The number of hydrogen-bond donors (Lipinski definition) is 3. The first kappa shape index (κ1) is 90.5. The molecule has 12 rings (SSSR count). The van der Waals surface area contributed by atoms with Crippen LogP contribution in [0.4, 0.5) is 49.4 Å². The minimum absolute atomic E-state index is 0. The molecule has 105 heavy (non-hydrogen) atoms. The number of amides is 2. The van der Waals surface area contributed by atoms with E-state index in [1.165, 1.54) is 50.1 Å². The van der Waals surface area contributed by atoms with Crippen LogP contribution in [0.5, 0.6) is 12.0 Å². The minimum Gasteiger partial charge on any atom is -0.462 e. The second-order valence-corrected chi connectivity index (χ2v) is 27.1. The lowest BCUT2D eigenvalue weighted by Gasteiger charge is -2.33. The maximum atomic E-state index is 13.6. The van der Waals surface area contributed by atoms with Gasteiger partial charge < -0.3 is 55.5 Å². The molecule has 4 aromatic carbocycles. The molecule has 0 radical (unpaired) electrons. The molecule has 6 aliphatic heterocycles. The molecule has 2 amide bonds. The number of hydrogen-bond acceptors (Lipinski definition) is 16. The van der Waals surface area contributed by atoms with Gasteiger partial charge in [0.05, 0.1) is 37.6 Å². The molecule has 2 aromatic heterocycles. The van der Waals surface area contributed by atoms with Crippen molar-refractivity contribution in [3.8, 4) is 12.0 Å². The Morgan fingerprint density at radius 2 is 1.05 bits per heavy atom. The summed E-state index contributed by atoms with van der Waals surface area (Å²) >= 11 is 3.21. The largest absolute Gasteiger partial charge is 0.462 e. The number of carbonyl (C=O) groups excluding carboxylic acids is 2. The van der Waals surface area contributed by atoms with Crippen molar-refractivity contribution in [1.82, 2.24) is 49.8 Å². The number of likely N-dealkylation sites (tertiary alicyclic amines) is 3. The molecule has 4 atom stereocenters. The van der Waals surface area contributed by atoms with Gasteiger partial charge in [-0.05, 0) is 109 Å². The first-order chi connectivity index (χ1) is 48.2. The number of likely N-dealkylation sites (N-methyl/N-ethyl adjacent to an activating group) is 4. The van der Waals surface area contributed by atoms with Crippen molar-refractivity contribution in [3.63, 3.8) is 0 Å². The van der Waals surface area contributed by atoms with E-state index in [9.17, 15) is 35.9 Å². The zero-order valence-corrected chi connectivity index (χ0v) is 66.6. The quantitative estimate of drug-likeness (QED) is 0.0299. The van der Waals surface area contributed by atoms with E-state index in [2.05, 4.69) is 147 Å². The summed E-state index contributed by atoms with van der Waals surface area (Å²) in [7, 11) is 3.36. The van der Waals surface area contributed by atoms with E-state index in [1.807, 2.05) is 32.6 Å².